The maximum atomic E-state index is 13.3. The van der Waals surface area contributed by atoms with Gasteiger partial charge in [0.25, 0.3) is 11.7 Å². The van der Waals surface area contributed by atoms with E-state index in [1.165, 1.54) is 28.2 Å². The number of ether oxygens (including phenoxy) is 1. The van der Waals surface area contributed by atoms with E-state index in [0.717, 1.165) is 17.7 Å². The summed E-state index contributed by atoms with van der Waals surface area (Å²) >= 11 is 1.44. The lowest BCUT2D eigenvalue weighted by molar-refractivity contribution is -0.136. The van der Waals surface area contributed by atoms with Crippen LogP contribution in [0.3, 0.4) is 0 Å². The highest BCUT2D eigenvalue weighted by atomic mass is 32.1. The molecule has 1 fully saturated rings. The fourth-order valence-electron chi connectivity index (χ4n) is 3.43. The number of aromatic nitrogens is 3. The van der Waals surface area contributed by atoms with Crippen molar-refractivity contribution in [3.05, 3.63) is 53.4 Å². The molecular formula is C21H21FN4O3S. The topological polar surface area (TPSA) is 77.3 Å². The Bertz CT molecular complexity index is 1030. The van der Waals surface area contributed by atoms with Crippen molar-refractivity contribution in [2.75, 3.05) is 19.7 Å². The number of benzene rings is 1. The Kier molecular flexibility index (Phi) is 5.89. The van der Waals surface area contributed by atoms with Crippen molar-refractivity contribution >= 4 is 23.2 Å². The molecule has 0 saturated carbocycles. The number of rotatable bonds is 5. The number of thiophene rings is 1. The van der Waals surface area contributed by atoms with E-state index < -0.39 is 5.97 Å². The van der Waals surface area contributed by atoms with Gasteiger partial charge in [0.05, 0.1) is 10.6 Å². The summed E-state index contributed by atoms with van der Waals surface area (Å²) < 4.78 is 20.0. The van der Waals surface area contributed by atoms with Gasteiger partial charge in [0.15, 0.2) is 12.4 Å². The largest absolute Gasteiger partial charge is 0.450 e. The molecule has 1 aliphatic heterocycles. The highest BCUT2D eigenvalue weighted by Gasteiger charge is 2.24. The average Bonchev–Trinajstić information content (AvgIpc) is 3.42. The Labute approximate surface area is 177 Å². The predicted octanol–water partition coefficient (Wildman–Crippen LogP) is 3.55. The van der Waals surface area contributed by atoms with E-state index in [4.69, 9.17) is 4.74 Å². The number of halogens is 1. The zero-order valence-electron chi connectivity index (χ0n) is 16.5. The van der Waals surface area contributed by atoms with Crippen LogP contribution < -0.4 is 0 Å². The third-order valence-electron chi connectivity index (χ3n) is 4.94. The van der Waals surface area contributed by atoms with Crippen LogP contribution in [0.5, 0.6) is 0 Å². The number of hydrogen-bond donors (Lipinski definition) is 0. The number of carbonyl (C=O) groups is 2. The van der Waals surface area contributed by atoms with Crippen LogP contribution in [-0.2, 0) is 9.53 Å². The van der Waals surface area contributed by atoms with E-state index in [2.05, 4.69) is 17.0 Å². The predicted molar refractivity (Wildman–Crippen MR) is 110 cm³/mol. The normalized spacial score (nSPS) is 16.5. The van der Waals surface area contributed by atoms with Gasteiger partial charge in [-0.1, -0.05) is 13.0 Å². The number of amides is 1. The van der Waals surface area contributed by atoms with Gasteiger partial charge in [-0.15, -0.1) is 16.4 Å². The van der Waals surface area contributed by atoms with Crippen LogP contribution in [0.2, 0.25) is 0 Å². The Morgan fingerprint density at radius 1 is 1.27 bits per heavy atom. The van der Waals surface area contributed by atoms with Gasteiger partial charge in [0.1, 0.15) is 5.82 Å². The minimum absolute atomic E-state index is 0.150. The van der Waals surface area contributed by atoms with Gasteiger partial charge in [0, 0.05) is 13.1 Å². The molecule has 0 bridgehead atoms. The van der Waals surface area contributed by atoms with Crippen molar-refractivity contribution in [3.63, 3.8) is 0 Å². The second kappa shape index (κ2) is 8.74. The van der Waals surface area contributed by atoms with Gasteiger partial charge in [-0.3, -0.25) is 4.79 Å². The maximum Gasteiger partial charge on any atom is 0.378 e. The lowest BCUT2D eigenvalue weighted by Crippen LogP contribution is -2.41. The van der Waals surface area contributed by atoms with E-state index in [1.807, 2.05) is 17.5 Å². The molecule has 0 spiro atoms. The maximum absolute atomic E-state index is 13.3. The van der Waals surface area contributed by atoms with E-state index in [-0.39, 0.29) is 24.2 Å². The first-order chi connectivity index (χ1) is 14.5. The first-order valence-electron chi connectivity index (χ1n) is 9.73. The van der Waals surface area contributed by atoms with Crippen molar-refractivity contribution in [2.45, 2.75) is 19.8 Å². The van der Waals surface area contributed by atoms with Gasteiger partial charge in [-0.2, -0.15) is 4.98 Å². The number of carbonyl (C=O) groups excluding carboxylic acids is 2. The van der Waals surface area contributed by atoms with Crippen LogP contribution in [0.25, 0.3) is 16.4 Å². The molecule has 30 heavy (non-hydrogen) atoms. The van der Waals surface area contributed by atoms with Crippen molar-refractivity contribution in [2.24, 2.45) is 5.92 Å². The first kappa shape index (κ1) is 20.2. The zero-order chi connectivity index (χ0) is 21.1. The monoisotopic (exact) mass is 428 g/mol. The van der Waals surface area contributed by atoms with Crippen LogP contribution in [0.4, 0.5) is 4.39 Å². The van der Waals surface area contributed by atoms with E-state index in [0.29, 0.717) is 30.5 Å². The number of piperidine rings is 1. The number of nitrogens with zero attached hydrogens (tertiary/aromatic N) is 4. The molecule has 3 heterocycles. The minimum atomic E-state index is -0.771. The van der Waals surface area contributed by atoms with Gasteiger partial charge in [-0.05, 0) is 54.5 Å². The Morgan fingerprint density at radius 3 is 2.77 bits per heavy atom. The summed E-state index contributed by atoms with van der Waals surface area (Å²) in [5.41, 5.74) is 0.560. The number of esters is 1. The fraction of sp³-hybridized carbons (Fsp3) is 0.333. The molecule has 1 saturated heterocycles. The molecule has 2 aromatic heterocycles. The summed E-state index contributed by atoms with van der Waals surface area (Å²) in [4.78, 5) is 31.7. The molecule has 7 nitrogen and oxygen atoms in total. The number of likely N-dealkylation sites (tertiary alicyclic amines) is 1. The molecule has 1 atom stereocenters. The summed E-state index contributed by atoms with van der Waals surface area (Å²) in [5, 5.41) is 6.14. The highest BCUT2D eigenvalue weighted by molar-refractivity contribution is 7.13. The summed E-state index contributed by atoms with van der Waals surface area (Å²) in [6, 6.07) is 9.44. The van der Waals surface area contributed by atoms with E-state index in [1.54, 1.807) is 17.0 Å². The lowest BCUT2D eigenvalue weighted by atomic mass is 10.0. The van der Waals surface area contributed by atoms with Crippen LogP contribution in [0, 0.1) is 11.7 Å². The third kappa shape index (κ3) is 4.40. The third-order valence-corrected chi connectivity index (χ3v) is 5.80. The summed E-state index contributed by atoms with van der Waals surface area (Å²) in [6.07, 6.45) is 2.05. The highest BCUT2D eigenvalue weighted by Crippen LogP contribution is 2.26. The Morgan fingerprint density at radius 2 is 2.07 bits per heavy atom. The molecule has 1 aliphatic rings. The van der Waals surface area contributed by atoms with Crippen LogP contribution >= 0.6 is 11.3 Å². The molecule has 0 aliphatic carbocycles. The van der Waals surface area contributed by atoms with Crippen molar-refractivity contribution in [1.29, 1.82) is 0 Å². The van der Waals surface area contributed by atoms with E-state index >= 15 is 0 Å². The van der Waals surface area contributed by atoms with Crippen molar-refractivity contribution in [1.82, 2.24) is 19.7 Å². The Balaban J connectivity index is 1.52. The molecule has 156 valence electrons. The molecule has 9 heteroatoms. The molecule has 0 radical (unpaired) electrons. The minimum Gasteiger partial charge on any atom is -0.450 e. The molecule has 0 N–H and O–H groups in total. The quantitative estimate of drug-likeness (QED) is 0.581. The van der Waals surface area contributed by atoms with E-state index in [9.17, 15) is 14.0 Å². The molecule has 1 amide bonds. The Hall–Kier alpha value is -3.07. The van der Waals surface area contributed by atoms with Crippen molar-refractivity contribution < 1.29 is 18.7 Å². The second-order valence-electron chi connectivity index (χ2n) is 7.29. The van der Waals surface area contributed by atoms with Crippen LogP contribution in [0.15, 0.2) is 41.8 Å². The lowest BCUT2D eigenvalue weighted by Gasteiger charge is -2.30. The zero-order valence-corrected chi connectivity index (χ0v) is 17.3. The second-order valence-corrected chi connectivity index (χ2v) is 8.24. The molecule has 1 aromatic carbocycles. The van der Waals surface area contributed by atoms with Crippen LogP contribution in [-0.4, -0.2) is 51.2 Å². The van der Waals surface area contributed by atoms with Crippen molar-refractivity contribution in [3.8, 4) is 16.4 Å². The molecular weight excluding hydrogens is 407 g/mol. The van der Waals surface area contributed by atoms with Gasteiger partial charge < -0.3 is 9.64 Å². The molecule has 4 rings (SSSR count). The smallest absolute Gasteiger partial charge is 0.378 e. The standard InChI is InChI=1S/C21H21FN4O3S/c1-14-4-2-10-25(12-14)18(27)13-29-21(28)19-23-20(17-5-3-11-30-17)26(24-19)16-8-6-15(22)7-9-16/h3,5-9,11,14H,2,4,10,12-13H2,1H3. The number of hydrogen-bond acceptors (Lipinski definition) is 6. The summed E-state index contributed by atoms with van der Waals surface area (Å²) in [7, 11) is 0. The fourth-order valence-corrected chi connectivity index (χ4v) is 4.12. The average molecular weight is 428 g/mol. The van der Waals surface area contributed by atoms with Gasteiger partial charge in [-0.25, -0.2) is 13.9 Å². The van der Waals surface area contributed by atoms with Gasteiger partial charge in [0.2, 0.25) is 0 Å². The summed E-state index contributed by atoms with van der Waals surface area (Å²) in [5.74, 6) is -0.623. The first-order valence-corrected chi connectivity index (χ1v) is 10.6. The van der Waals surface area contributed by atoms with Gasteiger partial charge >= 0.3 is 5.97 Å². The summed E-state index contributed by atoms with van der Waals surface area (Å²) in [6.45, 7) is 3.12. The molecule has 3 aromatic rings. The van der Waals surface area contributed by atoms with Crippen LogP contribution in [0.1, 0.15) is 30.4 Å². The SMILES string of the molecule is CC1CCCN(C(=O)COC(=O)c2nc(-c3cccs3)n(-c3ccc(F)cc3)n2)C1. The molecule has 1 unspecified atom stereocenters.